The fraction of sp³-hybridized carbons (Fsp3) is 0.278. The van der Waals surface area contributed by atoms with Gasteiger partial charge in [-0.05, 0) is 29.8 Å². The number of hydrogen-bond donors (Lipinski definition) is 3. The molecule has 0 saturated heterocycles. The van der Waals surface area contributed by atoms with Gasteiger partial charge in [0.05, 0.1) is 0 Å². The van der Waals surface area contributed by atoms with E-state index in [1.165, 1.54) is 6.92 Å². The molecule has 1 aromatic heterocycles. The second-order valence-corrected chi connectivity index (χ2v) is 5.31. The zero-order valence-electron chi connectivity index (χ0n) is 14.5. The topological polar surface area (TPSA) is 78.4 Å². The van der Waals surface area contributed by atoms with Crippen molar-refractivity contribution in [3.05, 3.63) is 59.9 Å². The lowest BCUT2D eigenvalue weighted by atomic mass is 10.2. The van der Waals surface area contributed by atoms with Crippen LogP contribution in [0.3, 0.4) is 0 Å². The molecule has 6 nitrogen and oxygen atoms in total. The Morgan fingerprint density at radius 3 is 2.68 bits per heavy atom. The van der Waals surface area contributed by atoms with Gasteiger partial charge in [0.15, 0.2) is 5.96 Å². The number of halogens is 1. The fourth-order valence-corrected chi connectivity index (χ4v) is 2.22. The lowest BCUT2D eigenvalue weighted by Crippen LogP contribution is -2.37. The molecule has 0 aliphatic carbocycles. The number of pyridine rings is 1. The molecule has 0 bridgehead atoms. The van der Waals surface area contributed by atoms with Crippen LogP contribution in [0.15, 0.2) is 53.7 Å². The summed E-state index contributed by atoms with van der Waals surface area (Å²) in [7, 11) is 1.74. The van der Waals surface area contributed by atoms with Crippen LogP contribution in [0.5, 0.6) is 0 Å². The average molecular weight is 453 g/mol. The van der Waals surface area contributed by atoms with E-state index in [9.17, 15) is 4.79 Å². The average Bonchev–Trinajstić information content (AvgIpc) is 2.58. The molecule has 1 amide bonds. The third kappa shape index (κ3) is 7.97. The first-order valence-corrected chi connectivity index (χ1v) is 7.88. The van der Waals surface area contributed by atoms with Gasteiger partial charge >= 0.3 is 0 Å². The molecule has 1 aromatic carbocycles. The minimum Gasteiger partial charge on any atom is -0.356 e. The SMILES string of the molecule is CN=C(NCCc1ccccn1)NCc1cccc(NC(C)=O)c1.I. The summed E-state index contributed by atoms with van der Waals surface area (Å²) in [6, 6.07) is 13.6. The first-order chi connectivity index (χ1) is 11.7. The third-order valence-electron chi connectivity index (χ3n) is 3.33. The summed E-state index contributed by atoms with van der Waals surface area (Å²) in [6.45, 7) is 2.87. The van der Waals surface area contributed by atoms with Crippen molar-refractivity contribution in [3.63, 3.8) is 0 Å². The smallest absolute Gasteiger partial charge is 0.221 e. The first-order valence-electron chi connectivity index (χ1n) is 7.88. The van der Waals surface area contributed by atoms with Crippen LogP contribution in [0.25, 0.3) is 0 Å². The van der Waals surface area contributed by atoms with Crippen molar-refractivity contribution in [2.24, 2.45) is 4.99 Å². The second-order valence-electron chi connectivity index (χ2n) is 5.31. The standard InChI is InChI=1S/C18H23N5O.HI/c1-14(24)23-17-8-5-6-15(12-17)13-22-18(19-2)21-11-9-16-7-3-4-10-20-16;/h3-8,10,12H,9,11,13H2,1-2H3,(H,23,24)(H2,19,21,22);1H. The van der Waals surface area contributed by atoms with E-state index in [0.29, 0.717) is 6.54 Å². The Morgan fingerprint density at radius 2 is 2.00 bits per heavy atom. The number of amides is 1. The van der Waals surface area contributed by atoms with Gasteiger partial charge in [0, 0.05) is 51.1 Å². The van der Waals surface area contributed by atoms with Crippen LogP contribution in [0.2, 0.25) is 0 Å². The lowest BCUT2D eigenvalue weighted by Gasteiger charge is -2.12. The van der Waals surface area contributed by atoms with E-state index in [4.69, 9.17) is 0 Å². The number of carbonyl (C=O) groups excluding carboxylic acids is 1. The van der Waals surface area contributed by atoms with Gasteiger partial charge in [-0.3, -0.25) is 14.8 Å². The third-order valence-corrected chi connectivity index (χ3v) is 3.33. The first kappa shape index (κ1) is 20.9. The molecule has 2 aromatic rings. The molecule has 1 heterocycles. The molecular formula is C18H24IN5O. The van der Waals surface area contributed by atoms with Crippen molar-refractivity contribution >= 4 is 41.5 Å². The van der Waals surface area contributed by atoms with Crippen LogP contribution in [0, 0.1) is 0 Å². The molecule has 0 fully saturated rings. The van der Waals surface area contributed by atoms with Crippen molar-refractivity contribution in [2.75, 3.05) is 18.9 Å². The van der Waals surface area contributed by atoms with Crippen molar-refractivity contribution in [3.8, 4) is 0 Å². The number of aromatic nitrogens is 1. The molecule has 0 atom stereocenters. The zero-order chi connectivity index (χ0) is 17.2. The minimum atomic E-state index is -0.0768. The summed E-state index contributed by atoms with van der Waals surface area (Å²) >= 11 is 0. The molecule has 25 heavy (non-hydrogen) atoms. The van der Waals surface area contributed by atoms with Gasteiger partial charge in [-0.2, -0.15) is 0 Å². The number of carbonyl (C=O) groups is 1. The quantitative estimate of drug-likeness (QED) is 0.357. The Balaban J connectivity index is 0.00000312. The predicted molar refractivity (Wildman–Crippen MR) is 112 cm³/mol. The van der Waals surface area contributed by atoms with Crippen molar-refractivity contribution < 1.29 is 4.79 Å². The number of benzene rings is 1. The normalized spacial score (nSPS) is 10.6. The summed E-state index contributed by atoms with van der Waals surface area (Å²) in [5, 5.41) is 9.30. The second kappa shape index (κ2) is 11.4. The number of anilines is 1. The highest BCUT2D eigenvalue weighted by Gasteiger charge is 2.01. The highest BCUT2D eigenvalue weighted by atomic mass is 127. The van der Waals surface area contributed by atoms with E-state index in [-0.39, 0.29) is 29.9 Å². The maximum absolute atomic E-state index is 11.1. The molecule has 0 unspecified atom stereocenters. The highest BCUT2D eigenvalue weighted by molar-refractivity contribution is 14.0. The van der Waals surface area contributed by atoms with Gasteiger partial charge in [-0.15, -0.1) is 24.0 Å². The molecule has 2 rings (SSSR count). The van der Waals surface area contributed by atoms with Crippen LogP contribution in [-0.4, -0.2) is 30.4 Å². The minimum absolute atomic E-state index is 0. The maximum atomic E-state index is 11.1. The zero-order valence-corrected chi connectivity index (χ0v) is 16.8. The summed E-state index contributed by atoms with van der Waals surface area (Å²) < 4.78 is 0. The summed E-state index contributed by atoms with van der Waals surface area (Å²) in [6.07, 6.45) is 2.63. The number of nitrogens with zero attached hydrogens (tertiary/aromatic N) is 2. The van der Waals surface area contributed by atoms with E-state index < -0.39 is 0 Å². The molecule has 3 N–H and O–H groups in total. The Bertz CT molecular complexity index is 691. The summed E-state index contributed by atoms with van der Waals surface area (Å²) in [4.78, 5) is 19.6. The Kier molecular flexibility index (Phi) is 9.53. The van der Waals surface area contributed by atoms with Crippen molar-refractivity contribution in [1.29, 1.82) is 0 Å². The number of rotatable bonds is 6. The summed E-state index contributed by atoms with van der Waals surface area (Å²) in [5.41, 5.74) is 2.90. The van der Waals surface area contributed by atoms with E-state index in [1.807, 2.05) is 42.5 Å². The molecular weight excluding hydrogens is 429 g/mol. The van der Waals surface area contributed by atoms with Gasteiger partial charge < -0.3 is 16.0 Å². The number of nitrogens with one attached hydrogen (secondary N) is 3. The summed E-state index contributed by atoms with van der Waals surface area (Å²) in [5.74, 6) is 0.656. The van der Waals surface area contributed by atoms with Crippen LogP contribution >= 0.6 is 24.0 Å². The molecule has 0 aliphatic heterocycles. The van der Waals surface area contributed by atoms with Gasteiger partial charge in [-0.1, -0.05) is 18.2 Å². The number of guanidine groups is 1. The van der Waals surface area contributed by atoms with Gasteiger partial charge in [0.2, 0.25) is 5.91 Å². The molecule has 7 heteroatoms. The molecule has 0 spiro atoms. The van der Waals surface area contributed by atoms with E-state index in [0.717, 1.165) is 35.9 Å². The largest absolute Gasteiger partial charge is 0.356 e. The Labute approximate surface area is 165 Å². The van der Waals surface area contributed by atoms with Crippen molar-refractivity contribution in [1.82, 2.24) is 15.6 Å². The number of aliphatic imine (C=N–C) groups is 1. The lowest BCUT2D eigenvalue weighted by molar-refractivity contribution is -0.114. The van der Waals surface area contributed by atoms with Crippen LogP contribution in [0.1, 0.15) is 18.2 Å². The maximum Gasteiger partial charge on any atom is 0.221 e. The van der Waals surface area contributed by atoms with E-state index in [1.54, 1.807) is 13.2 Å². The Hall–Kier alpha value is -2.16. The Morgan fingerprint density at radius 1 is 1.16 bits per heavy atom. The van der Waals surface area contributed by atoms with Crippen molar-refractivity contribution in [2.45, 2.75) is 19.9 Å². The van der Waals surface area contributed by atoms with Gasteiger partial charge in [-0.25, -0.2) is 0 Å². The van der Waals surface area contributed by atoms with Crippen LogP contribution in [-0.2, 0) is 17.8 Å². The van der Waals surface area contributed by atoms with Gasteiger partial charge in [0.1, 0.15) is 0 Å². The molecule has 0 saturated carbocycles. The van der Waals surface area contributed by atoms with Crippen LogP contribution in [0.4, 0.5) is 5.69 Å². The van der Waals surface area contributed by atoms with Gasteiger partial charge in [0.25, 0.3) is 0 Å². The highest BCUT2D eigenvalue weighted by Crippen LogP contribution is 2.10. The fourth-order valence-electron chi connectivity index (χ4n) is 2.22. The molecule has 134 valence electrons. The predicted octanol–water partition coefficient (Wildman–Crippen LogP) is 2.57. The molecule has 0 aliphatic rings. The molecule has 0 radical (unpaired) electrons. The number of hydrogen-bond acceptors (Lipinski definition) is 3. The van der Waals surface area contributed by atoms with Crippen LogP contribution < -0.4 is 16.0 Å². The monoisotopic (exact) mass is 453 g/mol. The van der Waals surface area contributed by atoms with E-state index in [2.05, 4.69) is 25.9 Å². The van der Waals surface area contributed by atoms with E-state index >= 15 is 0 Å².